The molecule has 6 heterocycles. The largest absolute Gasteiger partial charge is 0.495 e. The number of carbonyl (C=O) groups is 1. The van der Waals surface area contributed by atoms with Crippen molar-refractivity contribution in [2.75, 3.05) is 13.7 Å². The smallest absolute Gasteiger partial charge is 0.312 e. The molecule has 0 aromatic carbocycles. The van der Waals surface area contributed by atoms with Gasteiger partial charge in [0.15, 0.2) is 0 Å². The number of aromatic nitrogens is 7. The summed E-state index contributed by atoms with van der Waals surface area (Å²) in [5.74, 6) is -0.493. The quantitative estimate of drug-likeness (QED) is 0.405. The molecule has 0 unspecified atom stereocenters. The van der Waals surface area contributed by atoms with Crippen molar-refractivity contribution in [3.05, 3.63) is 77.8 Å². The van der Waals surface area contributed by atoms with Crippen molar-refractivity contribution in [1.82, 2.24) is 39.7 Å². The first-order chi connectivity index (χ1) is 16.6. The molecule has 170 valence electrons. The Labute approximate surface area is 191 Å². The molecule has 11 nitrogen and oxygen atoms in total. The first-order valence-corrected chi connectivity index (χ1v) is 10.4. The number of methoxy groups -OCH3 is 1. The number of halogens is 1. The molecule has 0 bridgehead atoms. The molecule has 1 atom stereocenters. The number of fused-ring (bicyclic) bond motifs is 2. The van der Waals surface area contributed by atoms with Gasteiger partial charge in [-0.1, -0.05) is 6.07 Å². The van der Waals surface area contributed by atoms with Gasteiger partial charge in [0, 0.05) is 18.7 Å². The number of ether oxygens (including phenoxy) is 1. The molecule has 12 heteroatoms. The number of carbonyl (C=O) groups excluding carboxylic acids is 1. The molecule has 0 saturated heterocycles. The van der Waals surface area contributed by atoms with Crippen molar-refractivity contribution in [1.29, 1.82) is 0 Å². The molecule has 0 spiro atoms. The minimum Gasteiger partial charge on any atom is -0.495 e. The Balaban J connectivity index is 1.37. The third-order valence-electron chi connectivity index (χ3n) is 5.72. The summed E-state index contributed by atoms with van der Waals surface area (Å²) >= 11 is 0. The number of imidazole rings is 1. The van der Waals surface area contributed by atoms with E-state index in [0.717, 1.165) is 5.69 Å². The van der Waals surface area contributed by atoms with E-state index in [2.05, 4.69) is 30.2 Å². The normalized spacial score (nSPS) is 15.5. The van der Waals surface area contributed by atoms with Crippen LogP contribution in [0.5, 0.6) is 5.75 Å². The lowest BCUT2D eigenvalue weighted by molar-refractivity contribution is 0.0646. The Bertz CT molecular complexity index is 1510. The van der Waals surface area contributed by atoms with Crippen LogP contribution in [0.1, 0.15) is 33.8 Å². The Morgan fingerprint density at radius 1 is 1.24 bits per heavy atom. The van der Waals surface area contributed by atoms with E-state index in [4.69, 9.17) is 9.15 Å². The van der Waals surface area contributed by atoms with Crippen LogP contribution in [0.2, 0.25) is 0 Å². The summed E-state index contributed by atoms with van der Waals surface area (Å²) in [5, 5.41) is 12.3. The van der Waals surface area contributed by atoms with E-state index in [1.54, 1.807) is 41.6 Å². The van der Waals surface area contributed by atoms with Gasteiger partial charge in [0.05, 0.1) is 36.5 Å². The highest BCUT2D eigenvalue weighted by molar-refractivity contribution is 5.90. The van der Waals surface area contributed by atoms with E-state index in [0.29, 0.717) is 41.3 Å². The second kappa shape index (κ2) is 7.76. The van der Waals surface area contributed by atoms with Crippen molar-refractivity contribution in [3.8, 4) is 17.3 Å². The average molecular weight is 460 g/mol. The van der Waals surface area contributed by atoms with E-state index in [-0.39, 0.29) is 11.8 Å². The van der Waals surface area contributed by atoms with Crippen LogP contribution in [0.25, 0.3) is 17.1 Å². The molecule has 0 saturated carbocycles. The zero-order chi connectivity index (χ0) is 23.2. The van der Waals surface area contributed by atoms with E-state index in [1.807, 2.05) is 0 Å². The van der Waals surface area contributed by atoms with Crippen molar-refractivity contribution in [2.24, 2.45) is 0 Å². The highest BCUT2D eigenvalue weighted by Gasteiger charge is 2.38. The maximum absolute atomic E-state index is 14.3. The van der Waals surface area contributed by atoms with E-state index in [9.17, 15) is 9.18 Å². The molecule has 1 N–H and O–H groups in total. The maximum atomic E-state index is 14.3. The fourth-order valence-electron chi connectivity index (χ4n) is 4.09. The predicted octanol–water partition coefficient (Wildman–Crippen LogP) is 2.44. The fourth-order valence-corrected chi connectivity index (χ4v) is 4.09. The number of nitrogens with one attached hydrogen (secondary N) is 1. The molecule has 5 aromatic heterocycles. The molecule has 1 amide bonds. The van der Waals surface area contributed by atoms with Gasteiger partial charge < -0.3 is 19.0 Å². The Hall–Kier alpha value is -4.61. The van der Waals surface area contributed by atoms with Gasteiger partial charge in [-0.05, 0) is 30.3 Å². The monoisotopic (exact) mass is 460 g/mol. The Kier molecular flexibility index (Phi) is 4.57. The Morgan fingerprint density at radius 2 is 2.15 bits per heavy atom. The molecule has 1 aliphatic heterocycles. The summed E-state index contributed by atoms with van der Waals surface area (Å²) < 4.78 is 26.2. The third kappa shape index (κ3) is 3.18. The van der Waals surface area contributed by atoms with Gasteiger partial charge >= 0.3 is 11.8 Å². The second-order valence-electron chi connectivity index (χ2n) is 7.67. The number of amides is 1. The van der Waals surface area contributed by atoms with E-state index in [1.165, 1.54) is 23.9 Å². The van der Waals surface area contributed by atoms with Gasteiger partial charge in [0.2, 0.25) is 5.95 Å². The van der Waals surface area contributed by atoms with Crippen LogP contribution in [-0.4, -0.2) is 59.2 Å². The van der Waals surface area contributed by atoms with Crippen molar-refractivity contribution < 1.29 is 18.3 Å². The van der Waals surface area contributed by atoms with Gasteiger partial charge in [0.25, 0.3) is 5.89 Å². The minimum absolute atomic E-state index is 0.106. The molecular formula is C22H17FN8O3. The van der Waals surface area contributed by atoms with Crippen LogP contribution in [-0.2, 0) is 6.42 Å². The van der Waals surface area contributed by atoms with Crippen LogP contribution >= 0.6 is 0 Å². The highest BCUT2D eigenvalue weighted by atomic mass is 19.1. The average Bonchev–Trinajstić information content (AvgIpc) is 3.62. The lowest BCUT2D eigenvalue weighted by atomic mass is 9.99. The minimum atomic E-state index is -0.656. The van der Waals surface area contributed by atoms with Gasteiger partial charge in [-0.15, -0.1) is 10.2 Å². The molecule has 0 aliphatic carbocycles. The Morgan fingerprint density at radius 3 is 2.94 bits per heavy atom. The van der Waals surface area contributed by atoms with Gasteiger partial charge in [0.1, 0.15) is 17.5 Å². The molecule has 1 aliphatic rings. The summed E-state index contributed by atoms with van der Waals surface area (Å²) in [6, 6.07) is 9.11. The molecule has 6 rings (SSSR count). The van der Waals surface area contributed by atoms with Gasteiger partial charge in [-0.3, -0.25) is 4.79 Å². The van der Waals surface area contributed by atoms with Gasteiger partial charge in [-0.2, -0.15) is 9.49 Å². The maximum Gasteiger partial charge on any atom is 0.312 e. The van der Waals surface area contributed by atoms with Crippen LogP contribution < -0.4 is 4.74 Å². The topological polar surface area (TPSA) is 127 Å². The van der Waals surface area contributed by atoms with Crippen LogP contribution in [0.15, 0.2) is 53.3 Å². The number of aromatic amines is 1. The molecular weight excluding hydrogens is 443 g/mol. The first kappa shape index (κ1) is 20.0. The summed E-state index contributed by atoms with van der Waals surface area (Å²) in [4.78, 5) is 26.8. The zero-order valence-corrected chi connectivity index (χ0v) is 17.8. The lowest BCUT2D eigenvalue weighted by Gasteiger charge is -2.32. The van der Waals surface area contributed by atoms with E-state index >= 15 is 0 Å². The van der Waals surface area contributed by atoms with Crippen molar-refractivity contribution in [2.45, 2.75) is 12.5 Å². The molecule has 0 radical (unpaired) electrons. The molecule has 34 heavy (non-hydrogen) atoms. The summed E-state index contributed by atoms with van der Waals surface area (Å²) in [6.45, 7) is 0.355. The number of nitrogens with zero attached hydrogens (tertiary/aromatic N) is 7. The number of H-pyrrole nitrogens is 1. The molecule has 5 aromatic rings. The van der Waals surface area contributed by atoms with Crippen molar-refractivity contribution >= 4 is 11.4 Å². The SMILES string of the molecule is COc1ccc(-c2nnc(C(=O)N3CCc4[nH]cnc4[C@H]3c3cc4cccc(F)n4n3)o2)nc1. The number of pyridine rings is 2. The second-order valence-corrected chi connectivity index (χ2v) is 7.67. The van der Waals surface area contributed by atoms with Crippen LogP contribution in [0, 0.1) is 5.95 Å². The van der Waals surface area contributed by atoms with Crippen LogP contribution in [0.4, 0.5) is 4.39 Å². The standard InChI is InChI=1S/C22H17FN8O3/c1-33-13-5-6-15(24-10-13)20-27-28-21(34-20)22(32)30-8-7-14-18(26-11-25-14)19(30)16-9-12-3-2-4-17(23)31(12)29-16/h2-6,9-11,19H,7-8H2,1H3,(H,25,26)/t19-/m1/s1. The number of hydrogen-bond acceptors (Lipinski definition) is 8. The lowest BCUT2D eigenvalue weighted by Crippen LogP contribution is -2.41. The zero-order valence-electron chi connectivity index (χ0n) is 17.8. The summed E-state index contributed by atoms with van der Waals surface area (Å²) in [7, 11) is 1.54. The predicted molar refractivity (Wildman–Crippen MR) is 114 cm³/mol. The number of hydrogen-bond donors (Lipinski definition) is 1. The summed E-state index contributed by atoms with van der Waals surface area (Å²) in [5.41, 5.74) is 2.98. The summed E-state index contributed by atoms with van der Waals surface area (Å²) in [6.07, 6.45) is 3.64. The third-order valence-corrected chi connectivity index (χ3v) is 5.72. The van der Waals surface area contributed by atoms with Gasteiger partial charge in [-0.25, -0.2) is 14.5 Å². The van der Waals surface area contributed by atoms with Crippen LogP contribution in [0.3, 0.4) is 0 Å². The first-order valence-electron chi connectivity index (χ1n) is 10.4. The molecule has 0 fully saturated rings. The number of rotatable bonds is 4. The fraction of sp³-hybridized carbons (Fsp3) is 0.182. The van der Waals surface area contributed by atoms with E-state index < -0.39 is 17.9 Å². The highest BCUT2D eigenvalue weighted by Crippen LogP contribution is 2.34. The van der Waals surface area contributed by atoms with Crippen molar-refractivity contribution in [3.63, 3.8) is 0 Å².